The number of anilines is 1. The summed E-state index contributed by atoms with van der Waals surface area (Å²) in [6.07, 6.45) is -3.60. The van der Waals surface area contributed by atoms with Crippen molar-refractivity contribution in [1.82, 2.24) is 19.4 Å². The molecule has 0 saturated carbocycles. The Morgan fingerprint density at radius 1 is 1.13 bits per heavy atom. The van der Waals surface area contributed by atoms with Crippen LogP contribution in [-0.2, 0) is 12.7 Å². The number of likely N-dealkylation sites (tertiary alicyclic amines) is 1. The van der Waals surface area contributed by atoms with Crippen LogP contribution in [0.2, 0.25) is 0 Å². The quantitative estimate of drug-likeness (QED) is 0.736. The summed E-state index contributed by atoms with van der Waals surface area (Å²) < 4.78 is 42.0. The van der Waals surface area contributed by atoms with Gasteiger partial charge < -0.3 is 14.4 Å². The zero-order chi connectivity index (χ0) is 22.5. The van der Waals surface area contributed by atoms with Crippen molar-refractivity contribution in [3.8, 4) is 11.3 Å². The van der Waals surface area contributed by atoms with Crippen molar-refractivity contribution < 1.29 is 13.2 Å². The van der Waals surface area contributed by atoms with Gasteiger partial charge in [-0.3, -0.25) is 4.79 Å². The fourth-order valence-corrected chi connectivity index (χ4v) is 4.80. The Kier molecular flexibility index (Phi) is 5.57. The molecule has 0 aromatic carbocycles. The van der Waals surface area contributed by atoms with Crippen LogP contribution in [0.4, 0.5) is 19.1 Å². The first-order chi connectivity index (χ1) is 14.5. The highest BCUT2D eigenvalue weighted by atomic mass is 19.4. The highest BCUT2D eigenvalue weighted by molar-refractivity contribution is 5.61. The van der Waals surface area contributed by atoms with Crippen molar-refractivity contribution in [3.63, 3.8) is 0 Å². The fourth-order valence-electron chi connectivity index (χ4n) is 4.80. The van der Waals surface area contributed by atoms with E-state index >= 15 is 0 Å². The number of alkyl halides is 3. The van der Waals surface area contributed by atoms with Crippen LogP contribution in [0, 0.1) is 11.8 Å². The highest BCUT2D eigenvalue weighted by Crippen LogP contribution is 2.37. The number of halogens is 3. The van der Waals surface area contributed by atoms with Gasteiger partial charge in [0.15, 0.2) is 5.69 Å². The summed E-state index contributed by atoms with van der Waals surface area (Å²) in [5.74, 6) is 1.13. The Morgan fingerprint density at radius 2 is 1.87 bits per heavy atom. The minimum atomic E-state index is -4.60. The molecule has 31 heavy (non-hydrogen) atoms. The van der Waals surface area contributed by atoms with Gasteiger partial charge in [0.1, 0.15) is 0 Å². The number of nitrogens with zero attached hydrogens (tertiary/aromatic N) is 5. The third-order valence-electron chi connectivity index (χ3n) is 5.96. The van der Waals surface area contributed by atoms with E-state index in [0.29, 0.717) is 23.9 Å². The number of piperidine rings is 1. The maximum absolute atomic E-state index is 13.4. The maximum atomic E-state index is 13.4. The molecule has 0 N–H and O–H groups in total. The summed E-state index contributed by atoms with van der Waals surface area (Å²) in [7, 11) is 3.18. The van der Waals surface area contributed by atoms with Crippen LogP contribution in [0.3, 0.4) is 0 Å². The van der Waals surface area contributed by atoms with Crippen molar-refractivity contribution >= 4 is 5.95 Å². The molecule has 2 aliphatic rings. The maximum Gasteiger partial charge on any atom is 0.433 e. The van der Waals surface area contributed by atoms with Crippen molar-refractivity contribution in [2.45, 2.75) is 38.9 Å². The Hall–Kier alpha value is -2.42. The average molecular weight is 435 g/mol. The van der Waals surface area contributed by atoms with Crippen LogP contribution in [0.15, 0.2) is 23.0 Å². The minimum Gasteiger partial charge on any atom is -0.347 e. The lowest BCUT2D eigenvalue weighted by atomic mass is 9.82. The van der Waals surface area contributed by atoms with Gasteiger partial charge in [0, 0.05) is 63.5 Å². The van der Waals surface area contributed by atoms with Gasteiger partial charge >= 0.3 is 6.18 Å². The van der Waals surface area contributed by atoms with E-state index in [-0.39, 0.29) is 23.1 Å². The van der Waals surface area contributed by atoms with Gasteiger partial charge in [0.2, 0.25) is 5.95 Å². The Morgan fingerprint density at radius 3 is 2.52 bits per heavy atom. The van der Waals surface area contributed by atoms with E-state index < -0.39 is 11.9 Å². The van der Waals surface area contributed by atoms with E-state index in [0.717, 1.165) is 37.8 Å². The molecule has 1 saturated heterocycles. The first-order valence-corrected chi connectivity index (χ1v) is 10.6. The van der Waals surface area contributed by atoms with Crippen LogP contribution in [0.5, 0.6) is 0 Å². The van der Waals surface area contributed by atoms with Crippen molar-refractivity contribution in [2.75, 3.05) is 38.6 Å². The second kappa shape index (κ2) is 7.93. The van der Waals surface area contributed by atoms with Crippen molar-refractivity contribution in [2.24, 2.45) is 11.8 Å². The van der Waals surface area contributed by atoms with Crippen LogP contribution in [0.25, 0.3) is 11.3 Å². The molecule has 0 unspecified atom stereocenters. The number of aromatic nitrogens is 3. The Labute approximate surface area is 179 Å². The van der Waals surface area contributed by atoms with Gasteiger partial charge in [0.05, 0.1) is 5.69 Å². The van der Waals surface area contributed by atoms with Crippen LogP contribution >= 0.6 is 0 Å². The molecule has 9 heteroatoms. The SMILES string of the molecule is CC(C)CN1C[C@@H]2C[C@H](C1)c1cc(-c3cc(C(F)(F)F)nc(N(C)C)n3)cc(=O)n1C2. The Bertz CT molecular complexity index is 1030. The summed E-state index contributed by atoms with van der Waals surface area (Å²) in [6, 6.07) is 4.18. The first kappa shape index (κ1) is 21.8. The largest absolute Gasteiger partial charge is 0.433 e. The van der Waals surface area contributed by atoms with E-state index in [2.05, 4.69) is 28.7 Å². The molecule has 0 spiro atoms. The predicted octanol–water partition coefficient (Wildman–Crippen LogP) is 3.47. The summed E-state index contributed by atoms with van der Waals surface area (Å²) in [5, 5.41) is 0. The van der Waals surface area contributed by atoms with Gasteiger partial charge in [-0.15, -0.1) is 0 Å². The number of pyridine rings is 1. The lowest BCUT2D eigenvalue weighted by molar-refractivity contribution is -0.141. The number of fused-ring (bicyclic) bond motifs is 4. The van der Waals surface area contributed by atoms with Crippen LogP contribution < -0.4 is 10.5 Å². The summed E-state index contributed by atoms with van der Waals surface area (Å²) in [6.45, 7) is 7.88. The number of rotatable bonds is 4. The van der Waals surface area contributed by atoms with E-state index in [1.54, 1.807) is 18.7 Å². The van der Waals surface area contributed by atoms with E-state index in [4.69, 9.17) is 0 Å². The third-order valence-corrected chi connectivity index (χ3v) is 5.96. The van der Waals surface area contributed by atoms with Crippen molar-refractivity contribution in [1.29, 1.82) is 0 Å². The zero-order valence-corrected chi connectivity index (χ0v) is 18.3. The van der Waals surface area contributed by atoms with E-state index in [9.17, 15) is 18.0 Å². The zero-order valence-electron chi connectivity index (χ0n) is 18.3. The standard InChI is InChI=1S/C22H28F3N5O/c1-13(2)9-29-10-14-5-16(12-29)18-6-15(7-20(31)30(18)11-14)17-8-19(22(23,24)25)27-21(26-17)28(3)4/h6-8,13-14,16H,5,9-12H2,1-4H3/t14-,16+/m0/s1. The lowest BCUT2D eigenvalue weighted by Gasteiger charge is -2.43. The molecule has 2 aliphatic heterocycles. The molecule has 6 nitrogen and oxygen atoms in total. The van der Waals surface area contributed by atoms with Crippen LogP contribution in [0.1, 0.15) is 37.6 Å². The van der Waals surface area contributed by atoms with Crippen LogP contribution in [-0.4, -0.2) is 53.2 Å². The van der Waals surface area contributed by atoms with Gasteiger partial charge in [0.25, 0.3) is 5.56 Å². The third kappa shape index (κ3) is 4.46. The average Bonchev–Trinajstić information content (AvgIpc) is 2.67. The smallest absolute Gasteiger partial charge is 0.347 e. The molecule has 1 fully saturated rings. The molecule has 4 rings (SSSR count). The predicted molar refractivity (Wildman–Crippen MR) is 113 cm³/mol. The topological polar surface area (TPSA) is 54.3 Å². The van der Waals surface area contributed by atoms with Gasteiger partial charge in [-0.1, -0.05) is 13.8 Å². The molecule has 2 bridgehead atoms. The molecular formula is C22H28F3N5O. The molecule has 2 atom stereocenters. The molecular weight excluding hydrogens is 407 g/mol. The monoisotopic (exact) mass is 435 g/mol. The molecule has 2 aromatic rings. The van der Waals surface area contributed by atoms with Crippen molar-refractivity contribution in [3.05, 3.63) is 39.9 Å². The second-order valence-corrected chi connectivity index (χ2v) is 9.36. The molecule has 0 amide bonds. The first-order valence-electron chi connectivity index (χ1n) is 10.6. The molecule has 4 heterocycles. The number of hydrogen-bond donors (Lipinski definition) is 0. The summed E-state index contributed by atoms with van der Waals surface area (Å²) in [4.78, 5) is 24.7. The molecule has 168 valence electrons. The normalized spacial score (nSPS) is 21.3. The molecule has 0 aliphatic carbocycles. The number of hydrogen-bond acceptors (Lipinski definition) is 5. The Balaban J connectivity index is 1.77. The van der Waals surface area contributed by atoms with E-state index in [1.807, 2.05) is 6.07 Å². The van der Waals surface area contributed by atoms with Gasteiger partial charge in [-0.2, -0.15) is 13.2 Å². The summed E-state index contributed by atoms with van der Waals surface area (Å²) >= 11 is 0. The van der Waals surface area contributed by atoms with E-state index in [1.165, 1.54) is 11.0 Å². The van der Waals surface area contributed by atoms with Gasteiger partial charge in [-0.05, 0) is 30.4 Å². The summed E-state index contributed by atoms with van der Waals surface area (Å²) in [5.41, 5.74) is 0.221. The van der Waals surface area contributed by atoms with Gasteiger partial charge in [-0.25, -0.2) is 9.97 Å². The minimum absolute atomic E-state index is 0.0384. The highest BCUT2D eigenvalue weighted by Gasteiger charge is 2.36. The lowest BCUT2D eigenvalue weighted by Crippen LogP contribution is -2.48. The fraction of sp³-hybridized carbons (Fsp3) is 0.591. The molecule has 2 aromatic heterocycles. The second-order valence-electron chi connectivity index (χ2n) is 9.36. The molecule has 0 radical (unpaired) electrons.